The smallest absolute Gasteiger partial charge is 0.108 e. The average molecular weight is 432 g/mol. The molecule has 156 valence electrons. The van der Waals surface area contributed by atoms with Gasteiger partial charge in [0.05, 0.1) is 48.4 Å². The summed E-state index contributed by atoms with van der Waals surface area (Å²) in [4.78, 5) is 2.69. The summed E-state index contributed by atoms with van der Waals surface area (Å²) in [7, 11) is 1.66. The van der Waals surface area contributed by atoms with Crippen LogP contribution >= 0.6 is 11.3 Å². The second-order valence-corrected chi connectivity index (χ2v) is 8.11. The fourth-order valence-electron chi connectivity index (χ4n) is 3.70. The predicted octanol–water partition coefficient (Wildman–Crippen LogP) is 3.36. The van der Waals surface area contributed by atoms with E-state index in [1.807, 2.05) is 0 Å². The second kappa shape index (κ2) is 8.86. The fourth-order valence-corrected chi connectivity index (χ4v) is 4.46. The van der Waals surface area contributed by atoms with E-state index in [2.05, 4.69) is 61.9 Å². The lowest BCUT2D eigenvalue weighted by molar-refractivity contribution is 0.0877. The first kappa shape index (κ1) is 19.7. The van der Waals surface area contributed by atoms with Gasteiger partial charge in [-0.1, -0.05) is 24.0 Å². The minimum absolute atomic E-state index is 0.403. The molecule has 1 aromatic carbocycles. The lowest BCUT2D eigenvalue weighted by Gasteiger charge is -2.04. The Labute approximate surface area is 184 Å². The molecule has 0 fully saturated rings. The third-order valence-electron chi connectivity index (χ3n) is 5.16. The highest BCUT2D eigenvalue weighted by Gasteiger charge is 2.25. The van der Waals surface area contributed by atoms with Crippen molar-refractivity contribution >= 4 is 11.3 Å². The van der Waals surface area contributed by atoms with Gasteiger partial charge in [-0.05, 0) is 23.3 Å². The Bertz CT molecular complexity index is 1250. The maximum Gasteiger partial charge on any atom is 0.108 e. The number of nitrogens with one attached hydrogen (secondary N) is 1. The molecule has 0 amide bonds. The second-order valence-electron chi connectivity index (χ2n) is 7.20. The molecule has 0 unspecified atom stereocenters. The van der Waals surface area contributed by atoms with Crippen LogP contribution < -0.4 is 0 Å². The summed E-state index contributed by atoms with van der Waals surface area (Å²) in [6.45, 7) is 2.19. The van der Waals surface area contributed by atoms with E-state index in [9.17, 15) is 0 Å². The summed E-state index contributed by atoms with van der Waals surface area (Å²) in [5.74, 6) is 6.22. The summed E-state index contributed by atoms with van der Waals surface area (Å²) in [5.41, 5.74) is 8.13. The number of benzene rings is 1. The Balaban J connectivity index is 1.33. The van der Waals surface area contributed by atoms with Gasteiger partial charge >= 0.3 is 0 Å². The van der Waals surface area contributed by atoms with Gasteiger partial charge in [-0.15, -0.1) is 11.3 Å². The van der Waals surface area contributed by atoms with Gasteiger partial charge in [0.25, 0.3) is 0 Å². The summed E-state index contributed by atoms with van der Waals surface area (Å²) in [6.07, 6.45) is 4.27. The van der Waals surface area contributed by atoms with Gasteiger partial charge in [0.1, 0.15) is 6.61 Å². The van der Waals surface area contributed by atoms with E-state index in [4.69, 9.17) is 9.47 Å². The van der Waals surface area contributed by atoms with Gasteiger partial charge in [-0.3, -0.25) is 5.10 Å². The number of methoxy groups -OCH3 is 1. The Hall–Kier alpha value is -3.25. The zero-order valence-corrected chi connectivity index (χ0v) is 17.9. The molecule has 0 bridgehead atoms. The number of fused-ring (bicyclic) bond motifs is 3. The van der Waals surface area contributed by atoms with Gasteiger partial charge in [0.15, 0.2) is 0 Å². The first-order valence-electron chi connectivity index (χ1n) is 10.00. The van der Waals surface area contributed by atoms with Gasteiger partial charge in [0.2, 0.25) is 0 Å². The van der Waals surface area contributed by atoms with E-state index >= 15 is 0 Å². The molecular formula is C23H21N5O2S. The lowest BCUT2D eigenvalue weighted by atomic mass is 10.1. The van der Waals surface area contributed by atoms with Gasteiger partial charge in [-0.25, -0.2) is 0 Å². The van der Waals surface area contributed by atoms with E-state index in [1.165, 1.54) is 22.3 Å². The minimum atomic E-state index is 0.403. The van der Waals surface area contributed by atoms with Crippen molar-refractivity contribution in [1.29, 1.82) is 0 Å². The maximum atomic E-state index is 5.39. The molecule has 0 saturated carbocycles. The molecule has 5 rings (SSSR count). The van der Waals surface area contributed by atoms with Crippen molar-refractivity contribution in [2.75, 3.05) is 26.9 Å². The summed E-state index contributed by atoms with van der Waals surface area (Å²) < 4.78 is 10.3. The molecular weight excluding hydrogens is 410 g/mol. The number of thiophene rings is 1. The first-order chi connectivity index (χ1) is 15.3. The van der Waals surface area contributed by atoms with Crippen LogP contribution in [0.2, 0.25) is 0 Å². The predicted molar refractivity (Wildman–Crippen MR) is 119 cm³/mol. The van der Waals surface area contributed by atoms with Crippen molar-refractivity contribution in [2.24, 2.45) is 0 Å². The molecule has 31 heavy (non-hydrogen) atoms. The van der Waals surface area contributed by atoms with Crippen LogP contribution in [-0.4, -0.2) is 52.1 Å². The Morgan fingerprint density at radius 3 is 2.97 bits per heavy atom. The highest BCUT2D eigenvalue weighted by molar-refractivity contribution is 7.11. The van der Waals surface area contributed by atoms with E-state index in [-0.39, 0.29) is 0 Å². The molecule has 8 heteroatoms. The molecule has 1 N–H and O–H groups in total. The first-order valence-corrected chi connectivity index (χ1v) is 10.9. The van der Waals surface area contributed by atoms with Crippen molar-refractivity contribution in [3.8, 4) is 34.4 Å². The molecule has 0 saturated heterocycles. The monoisotopic (exact) mass is 431 g/mol. The number of aromatic amines is 1. The minimum Gasteiger partial charge on any atom is -0.382 e. The number of rotatable bonds is 7. The van der Waals surface area contributed by atoms with Crippen molar-refractivity contribution < 1.29 is 9.47 Å². The van der Waals surface area contributed by atoms with Crippen LogP contribution in [0.3, 0.4) is 0 Å². The van der Waals surface area contributed by atoms with Gasteiger partial charge in [0, 0.05) is 35.6 Å². The molecule has 0 aliphatic heterocycles. The van der Waals surface area contributed by atoms with Crippen LogP contribution in [-0.2, 0) is 22.4 Å². The Morgan fingerprint density at radius 1 is 1.19 bits per heavy atom. The average Bonchev–Trinajstić information content (AvgIpc) is 3.55. The molecule has 1 aliphatic carbocycles. The van der Waals surface area contributed by atoms with Gasteiger partial charge < -0.3 is 9.47 Å². The number of hydrogen-bond donors (Lipinski definition) is 1. The summed E-state index contributed by atoms with van der Waals surface area (Å²) in [6, 6.07) is 8.65. The molecule has 0 atom stereocenters. The van der Waals surface area contributed by atoms with Crippen molar-refractivity contribution in [3.05, 3.63) is 63.6 Å². The van der Waals surface area contributed by atoms with Crippen LogP contribution in [0.5, 0.6) is 0 Å². The van der Waals surface area contributed by atoms with Crippen LogP contribution in [0.25, 0.3) is 22.5 Å². The normalized spacial score (nSPS) is 11.8. The van der Waals surface area contributed by atoms with Gasteiger partial charge in [-0.2, -0.15) is 20.1 Å². The Kier molecular flexibility index (Phi) is 5.63. The number of nitrogens with zero attached hydrogens (tertiary/aromatic N) is 4. The summed E-state index contributed by atoms with van der Waals surface area (Å²) in [5, 5.41) is 18.4. The van der Waals surface area contributed by atoms with E-state index in [0.717, 1.165) is 28.2 Å². The van der Waals surface area contributed by atoms with E-state index in [0.29, 0.717) is 26.4 Å². The maximum absolute atomic E-state index is 5.39. The van der Waals surface area contributed by atoms with Crippen molar-refractivity contribution in [2.45, 2.75) is 13.0 Å². The molecule has 7 nitrogen and oxygen atoms in total. The van der Waals surface area contributed by atoms with Crippen LogP contribution in [0, 0.1) is 11.8 Å². The fraction of sp³-hybridized carbons (Fsp3) is 0.261. The highest BCUT2D eigenvalue weighted by Crippen LogP contribution is 2.41. The van der Waals surface area contributed by atoms with E-state index < -0.39 is 0 Å². The molecule has 1 aliphatic rings. The largest absolute Gasteiger partial charge is 0.382 e. The van der Waals surface area contributed by atoms with Crippen LogP contribution in [0.4, 0.5) is 0 Å². The number of ether oxygens (including phenoxy) is 2. The highest BCUT2D eigenvalue weighted by atomic mass is 32.1. The lowest BCUT2D eigenvalue weighted by Crippen LogP contribution is -2.03. The molecule has 3 heterocycles. The van der Waals surface area contributed by atoms with Crippen LogP contribution in [0.15, 0.2) is 42.0 Å². The molecule has 3 aromatic heterocycles. The number of hydrogen-bond acceptors (Lipinski definition) is 6. The zero-order valence-electron chi connectivity index (χ0n) is 17.1. The third-order valence-corrected chi connectivity index (χ3v) is 6.00. The summed E-state index contributed by atoms with van der Waals surface area (Å²) >= 11 is 1.63. The zero-order chi connectivity index (χ0) is 21.0. The Morgan fingerprint density at radius 2 is 2.10 bits per heavy atom. The van der Waals surface area contributed by atoms with E-state index in [1.54, 1.807) is 35.6 Å². The topological polar surface area (TPSA) is 77.9 Å². The molecule has 0 radical (unpaired) electrons. The number of H-pyrrole nitrogens is 1. The quantitative estimate of drug-likeness (QED) is 0.316. The van der Waals surface area contributed by atoms with Crippen molar-refractivity contribution in [1.82, 2.24) is 25.2 Å². The van der Waals surface area contributed by atoms with Crippen molar-refractivity contribution in [3.63, 3.8) is 0 Å². The molecule has 4 aromatic rings. The SMILES string of the molecule is COCCOCC#Cc1cc(-c2n[nH]c3c2Cc2ccc(Cn4nccn4)cc2-3)cs1. The third kappa shape index (κ3) is 4.16. The standard InChI is InChI=1S/C23H21N5O2S/c1-29-9-10-30-8-2-3-19-12-18(15-31-19)22-21-13-17-5-4-16(14-28-24-6-7-25-28)11-20(17)23(21)27-26-22/h4-7,11-12,15H,8-10,13-14H2,1H3,(H,26,27). The number of aromatic nitrogens is 5. The molecule has 0 spiro atoms. The van der Waals surface area contributed by atoms with Crippen LogP contribution in [0.1, 0.15) is 21.6 Å².